The molecule has 2 N–H and O–H groups in total. The highest BCUT2D eigenvalue weighted by molar-refractivity contribution is 8.00. The number of benzene rings is 4. The standard InChI is InChI=1S/C42H46N2O6S4/c1-3-51-25-23-43(27-29-15-19-33(20-16-29)53-31-11-7-5-8-12-31)39(45)35-37(41(47)48)36(38(35)42(49)50)40(46)44(24-26-52-4-2)28-30-17-21-34(22-18-30)54-32-13-9-6-10-14-32/h5-22,35-38H,3-4,23-28H2,1-2H3,(H,47,48)(H,49,50). The molecule has 0 saturated heterocycles. The minimum absolute atomic E-state index is 0.200. The van der Waals surface area contributed by atoms with Crippen LogP contribution in [0.4, 0.5) is 0 Å². The molecule has 1 aliphatic rings. The van der Waals surface area contributed by atoms with Gasteiger partial charge >= 0.3 is 11.9 Å². The van der Waals surface area contributed by atoms with Crippen molar-refractivity contribution in [2.24, 2.45) is 23.7 Å². The number of carboxylic acids is 2. The van der Waals surface area contributed by atoms with Crippen molar-refractivity contribution in [2.75, 3.05) is 36.1 Å². The fourth-order valence-electron chi connectivity index (χ4n) is 6.59. The van der Waals surface area contributed by atoms with Gasteiger partial charge in [-0.1, -0.05) is 98.0 Å². The fraction of sp³-hybridized carbons (Fsp3) is 0.333. The minimum Gasteiger partial charge on any atom is -0.481 e. The second-order valence-electron chi connectivity index (χ2n) is 12.8. The van der Waals surface area contributed by atoms with Gasteiger partial charge in [0.2, 0.25) is 11.8 Å². The largest absolute Gasteiger partial charge is 0.481 e. The molecule has 12 heteroatoms. The molecule has 4 aromatic rings. The van der Waals surface area contributed by atoms with Gasteiger partial charge in [0.05, 0.1) is 23.7 Å². The lowest BCUT2D eigenvalue weighted by Gasteiger charge is -2.48. The Bertz CT molecular complexity index is 1690. The predicted molar refractivity (Wildman–Crippen MR) is 220 cm³/mol. The quantitative estimate of drug-likeness (QED) is 0.0844. The van der Waals surface area contributed by atoms with Crippen LogP contribution in [0.2, 0.25) is 0 Å². The van der Waals surface area contributed by atoms with Crippen molar-refractivity contribution in [2.45, 2.75) is 46.5 Å². The van der Waals surface area contributed by atoms with Crippen molar-refractivity contribution in [3.63, 3.8) is 0 Å². The molecule has 5 rings (SSSR count). The van der Waals surface area contributed by atoms with E-state index >= 15 is 0 Å². The van der Waals surface area contributed by atoms with Crippen molar-refractivity contribution < 1.29 is 29.4 Å². The molecular weight excluding hydrogens is 757 g/mol. The van der Waals surface area contributed by atoms with Crippen LogP contribution in [0.1, 0.15) is 25.0 Å². The first kappa shape index (κ1) is 41.3. The molecule has 0 aromatic heterocycles. The number of rotatable bonds is 20. The molecule has 0 aliphatic heterocycles. The Kier molecular flexibility index (Phi) is 15.9. The fourth-order valence-corrected chi connectivity index (χ4v) is 9.54. The van der Waals surface area contributed by atoms with E-state index in [1.54, 1.807) is 56.8 Å². The summed E-state index contributed by atoms with van der Waals surface area (Å²) in [5.41, 5.74) is 1.70. The molecule has 2 amide bonds. The summed E-state index contributed by atoms with van der Waals surface area (Å²) < 4.78 is 0. The minimum atomic E-state index is -1.46. The third kappa shape index (κ3) is 11.1. The number of thioether (sulfide) groups is 2. The molecule has 0 radical (unpaired) electrons. The molecule has 284 valence electrons. The van der Waals surface area contributed by atoms with E-state index in [1.807, 2.05) is 123 Å². The molecule has 8 nitrogen and oxygen atoms in total. The van der Waals surface area contributed by atoms with E-state index in [2.05, 4.69) is 0 Å². The number of hydrogen-bond donors (Lipinski definition) is 2. The van der Waals surface area contributed by atoms with E-state index in [0.29, 0.717) is 24.6 Å². The summed E-state index contributed by atoms with van der Waals surface area (Å²) in [4.78, 5) is 61.8. The average Bonchev–Trinajstić information content (AvgIpc) is 3.15. The maximum absolute atomic E-state index is 14.3. The molecule has 0 unspecified atom stereocenters. The van der Waals surface area contributed by atoms with Gasteiger partial charge in [0.25, 0.3) is 0 Å². The normalized spacial score (nSPS) is 17.7. The number of nitrogens with zero attached hydrogens (tertiary/aromatic N) is 2. The summed E-state index contributed by atoms with van der Waals surface area (Å²) in [5.74, 6) is -6.50. The average molecular weight is 803 g/mol. The van der Waals surface area contributed by atoms with Crippen molar-refractivity contribution in [1.82, 2.24) is 9.80 Å². The third-order valence-electron chi connectivity index (χ3n) is 9.28. The van der Waals surface area contributed by atoms with Gasteiger partial charge in [-0.2, -0.15) is 23.5 Å². The van der Waals surface area contributed by atoms with Gasteiger partial charge in [-0.15, -0.1) is 0 Å². The number of carbonyl (C=O) groups excluding carboxylic acids is 2. The van der Waals surface area contributed by atoms with Crippen LogP contribution in [0.15, 0.2) is 129 Å². The molecule has 1 fully saturated rings. The monoisotopic (exact) mass is 802 g/mol. The molecule has 1 aliphatic carbocycles. The van der Waals surface area contributed by atoms with Gasteiger partial charge in [0, 0.05) is 57.3 Å². The van der Waals surface area contributed by atoms with Gasteiger partial charge in [0.15, 0.2) is 0 Å². The number of aliphatic carboxylic acids is 2. The smallest absolute Gasteiger partial charge is 0.308 e. The van der Waals surface area contributed by atoms with Crippen LogP contribution in [-0.2, 0) is 32.3 Å². The van der Waals surface area contributed by atoms with Crippen LogP contribution in [0.25, 0.3) is 0 Å². The van der Waals surface area contributed by atoms with Crippen LogP contribution in [0.5, 0.6) is 0 Å². The highest BCUT2D eigenvalue weighted by Gasteiger charge is 2.64. The molecule has 1 saturated carbocycles. The molecule has 0 spiro atoms. The molecule has 4 aromatic carbocycles. The topological polar surface area (TPSA) is 115 Å². The van der Waals surface area contributed by atoms with Gasteiger partial charge in [-0.3, -0.25) is 19.2 Å². The second kappa shape index (κ2) is 20.7. The first-order valence-electron chi connectivity index (χ1n) is 18.0. The number of carboxylic acid groups (broad SMARTS) is 2. The lowest BCUT2D eigenvalue weighted by atomic mass is 9.55. The lowest BCUT2D eigenvalue weighted by molar-refractivity contribution is -0.187. The maximum atomic E-state index is 14.3. The Morgan fingerprint density at radius 1 is 0.500 bits per heavy atom. The van der Waals surface area contributed by atoms with Crippen LogP contribution in [0, 0.1) is 23.7 Å². The number of carbonyl (C=O) groups is 4. The first-order chi connectivity index (χ1) is 26.2. The van der Waals surface area contributed by atoms with Crippen LogP contribution in [-0.4, -0.2) is 79.9 Å². The zero-order valence-electron chi connectivity index (χ0n) is 30.4. The van der Waals surface area contributed by atoms with Gasteiger partial charge in [-0.25, -0.2) is 0 Å². The maximum Gasteiger partial charge on any atom is 0.308 e. The third-order valence-corrected chi connectivity index (χ3v) is 13.1. The second-order valence-corrected chi connectivity index (χ2v) is 17.9. The van der Waals surface area contributed by atoms with Gasteiger partial charge in [0.1, 0.15) is 0 Å². The zero-order valence-corrected chi connectivity index (χ0v) is 33.7. The van der Waals surface area contributed by atoms with Crippen LogP contribution < -0.4 is 0 Å². The summed E-state index contributed by atoms with van der Waals surface area (Å²) >= 11 is 6.54. The number of hydrogen-bond acceptors (Lipinski definition) is 8. The summed E-state index contributed by atoms with van der Waals surface area (Å²) in [5, 5.41) is 21.0. The van der Waals surface area contributed by atoms with E-state index in [1.165, 1.54) is 0 Å². The molecule has 0 heterocycles. The Balaban J connectivity index is 1.34. The molecular formula is C42H46N2O6S4. The van der Waals surface area contributed by atoms with E-state index in [0.717, 1.165) is 42.2 Å². The van der Waals surface area contributed by atoms with Crippen molar-refractivity contribution >= 4 is 70.8 Å². The van der Waals surface area contributed by atoms with E-state index in [9.17, 15) is 29.4 Å². The number of amides is 2. The van der Waals surface area contributed by atoms with E-state index in [4.69, 9.17) is 0 Å². The van der Waals surface area contributed by atoms with E-state index in [-0.39, 0.29) is 13.1 Å². The molecule has 0 bridgehead atoms. The summed E-state index contributed by atoms with van der Waals surface area (Å²) in [6.07, 6.45) is 0. The van der Waals surface area contributed by atoms with Gasteiger partial charge in [-0.05, 0) is 71.2 Å². The summed E-state index contributed by atoms with van der Waals surface area (Å²) in [7, 11) is 0. The Morgan fingerprint density at radius 3 is 1.15 bits per heavy atom. The first-order valence-corrected chi connectivity index (χ1v) is 22.0. The Morgan fingerprint density at radius 2 is 0.833 bits per heavy atom. The van der Waals surface area contributed by atoms with Crippen LogP contribution in [0.3, 0.4) is 0 Å². The predicted octanol–water partition coefficient (Wildman–Crippen LogP) is 8.50. The molecule has 0 atom stereocenters. The highest BCUT2D eigenvalue weighted by atomic mass is 32.2. The van der Waals surface area contributed by atoms with Crippen molar-refractivity contribution in [1.29, 1.82) is 0 Å². The Hall–Kier alpha value is -3.84. The SMILES string of the molecule is CCSCCN(Cc1ccc(Sc2ccccc2)cc1)C(=O)C1C(C(=O)O)C(C(=O)N(CCSCC)Cc2ccc(Sc3ccccc3)cc2)C1C(=O)O. The van der Waals surface area contributed by atoms with Crippen molar-refractivity contribution in [3.05, 3.63) is 120 Å². The van der Waals surface area contributed by atoms with Crippen LogP contribution >= 0.6 is 47.0 Å². The molecule has 54 heavy (non-hydrogen) atoms. The highest BCUT2D eigenvalue weighted by Crippen LogP contribution is 2.49. The lowest BCUT2D eigenvalue weighted by Crippen LogP contribution is -2.64. The van der Waals surface area contributed by atoms with E-state index < -0.39 is 47.4 Å². The summed E-state index contributed by atoms with van der Waals surface area (Å²) in [6, 6.07) is 35.7. The summed E-state index contributed by atoms with van der Waals surface area (Å²) in [6.45, 7) is 5.09. The van der Waals surface area contributed by atoms with Crippen molar-refractivity contribution in [3.8, 4) is 0 Å². The Labute approximate surface area is 334 Å². The van der Waals surface area contributed by atoms with Gasteiger partial charge < -0.3 is 20.0 Å². The zero-order chi connectivity index (χ0) is 38.5.